The van der Waals surface area contributed by atoms with Crippen molar-refractivity contribution < 1.29 is 4.79 Å². The smallest absolute Gasteiger partial charge is 0.221 e. The van der Waals surface area contributed by atoms with Crippen molar-refractivity contribution in [2.45, 2.75) is 13.5 Å². The molecule has 2 N–H and O–H groups in total. The van der Waals surface area contributed by atoms with Crippen LogP contribution in [0.5, 0.6) is 0 Å². The SMILES string of the molecule is CC(=O)Nc1cccc(NCc2ccc(C#N)s2)c1. The molecule has 5 heteroatoms. The van der Waals surface area contributed by atoms with Crippen LogP contribution < -0.4 is 10.6 Å². The Bertz CT molecular complexity index is 628. The molecule has 0 radical (unpaired) electrons. The fourth-order valence-electron chi connectivity index (χ4n) is 1.63. The van der Waals surface area contributed by atoms with E-state index < -0.39 is 0 Å². The topological polar surface area (TPSA) is 64.9 Å². The second-order valence-electron chi connectivity index (χ2n) is 3.99. The van der Waals surface area contributed by atoms with E-state index in [2.05, 4.69) is 16.7 Å². The Morgan fingerprint density at radius 3 is 2.79 bits per heavy atom. The minimum Gasteiger partial charge on any atom is -0.380 e. The highest BCUT2D eigenvalue weighted by molar-refractivity contribution is 7.12. The molecule has 0 aliphatic rings. The first kappa shape index (κ1) is 13.1. The maximum Gasteiger partial charge on any atom is 0.221 e. The monoisotopic (exact) mass is 271 g/mol. The summed E-state index contributed by atoms with van der Waals surface area (Å²) in [5.74, 6) is -0.0888. The highest BCUT2D eigenvalue weighted by Gasteiger charge is 2.01. The highest BCUT2D eigenvalue weighted by Crippen LogP contribution is 2.19. The minimum absolute atomic E-state index is 0.0888. The number of nitrogens with zero attached hydrogens (tertiary/aromatic N) is 1. The summed E-state index contributed by atoms with van der Waals surface area (Å²) in [5, 5.41) is 14.8. The molecule has 0 aliphatic heterocycles. The second kappa shape index (κ2) is 6.03. The van der Waals surface area contributed by atoms with Crippen molar-refractivity contribution in [1.29, 1.82) is 5.26 Å². The number of nitriles is 1. The number of hydrogen-bond donors (Lipinski definition) is 2. The molecule has 2 aromatic rings. The Kier molecular flexibility index (Phi) is 4.16. The van der Waals surface area contributed by atoms with Gasteiger partial charge in [0.25, 0.3) is 0 Å². The van der Waals surface area contributed by atoms with Crippen molar-refractivity contribution in [3.8, 4) is 6.07 Å². The lowest BCUT2D eigenvalue weighted by Gasteiger charge is -2.07. The van der Waals surface area contributed by atoms with E-state index in [9.17, 15) is 4.79 Å². The van der Waals surface area contributed by atoms with Crippen LogP contribution in [0.25, 0.3) is 0 Å². The molecule has 0 spiro atoms. The number of carbonyl (C=O) groups is 1. The molecular formula is C14H13N3OS. The van der Waals surface area contributed by atoms with Crippen LogP contribution in [-0.2, 0) is 11.3 Å². The molecule has 1 heterocycles. The van der Waals surface area contributed by atoms with Gasteiger partial charge in [-0.3, -0.25) is 4.79 Å². The third-order valence-corrected chi connectivity index (χ3v) is 3.41. The Hall–Kier alpha value is -2.32. The molecule has 0 saturated carbocycles. The normalized spacial score (nSPS) is 9.68. The molecule has 96 valence electrons. The Morgan fingerprint density at radius 2 is 2.11 bits per heavy atom. The molecule has 2 rings (SSSR count). The maximum absolute atomic E-state index is 11.0. The number of benzene rings is 1. The summed E-state index contributed by atoms with van der Waals surface area (Å²) in [6, 6.07) is 13.4. The molecule has 1 aromatic carbocycles. The molecule has 0 unspecified atom stereocenters. The van der Waals surface area contributed by atoms with Gasteiger partial charge in [-0.1, -0.05) is 6.07 Å². The summed E-state index contributed by atoms with van der Waals surface area (Å²) < 4.78 is 0. The van der Waals surface area contributed by atoms with Crippen molar-refractivity contribution >= 4 is 28.6 Å². The van der Waals surface area contributed by atoms with Gasteiger partial charge < -0.3 is 10.6 Å². The van der Waals surface area contributed by atoms with Gasteiger partial charge in [-0.05, 0) is 30.3 Å². The predicted octanol–water partition coefficient (Wildman–Crippen LogP) is 3.19. The fourth-order valence-corrected chi connectivity index (χ4v) is 2.38. The number of rotatable bonds is 4. The molecule has 4 nitrogen and oxygen atoms in total. The number of amides is 1. The van der Waals surface area contributed by atoms with Crippen LogP contribution in [0.4, 0.5) is 11.4 Å². The number of hydrogen-bond acceptors (Lipinski definition) is 4. The summed E-state index contributed by atoms with van der Waals surface area (Å²) >= 11 is 1.47. The summed E-state index contributed by atoms with van der Waals surface area (Å²) in [6.07, 6.45) is 0. The fraction of sp³-hybridized carbons (Fsp3) is 0.143. The second-order valence-corrected chi connectivity index (χ2v) is 5.16. The van der Waals surface area contributed by atoms with Gasteiger partial charge in [0.1, 0.15) is 10.9 Å². The van der Waals surface area contributed by atoms with Gasteiger partial charge >= 0.3 is 0 Å². The van der Waals surface area contributed by atoms with E-state index in [-0.39, 0.29) is 5.91 Å². The summed E-state index contributed by atoms with van der Waals surface area (Å²) in [7, 11) is 0. The zero-order chi connectivity index (χ0) is 13.7. The number of nitrogens with one attached hydrogen (secondary N) is 2. The average Bonchev–Trinajstić information content (AvgIpc) is 2.84. The van der Waals surface area contributed by atoms with Gasteiger partial charge in [0.2, 0.25) is 5.91 Å². The molecule has 0 aliphatic carbocycles. The van der Waals surface area contributed by atoms with E-state index in [1.165, 1.54) is 18.3 Å². The van der Waals surface area contributed by atoms with Crippen LogP contribution in [0, 0.1) is 11.3 Å². The Labute approximate surface area is 115 Å². The van der Waals surface area contributed by atoms with E-state index in [0.29, 0.717) is 11.4 Å². The molecule has 19 heavy (non-hydrogen) atoms. The molecule has 0 fully saturated rings. The van der Waals surface area contributed by atoms with E-state index in [1.807, 2.05) is 36.4 Å². The maximum atomic E-state index is 11.0. The van der Waals surface area contributed by atoms with Crippen molar-refractivity contribution in [3.63, 3.8) is 0 Å². The first-order valence-electron chi connectivity index (χ1n) is 5.78. The van der Waals surface area contributed by atoms with Crippen LogP contribution in [-0.4, -0.2) is 5.91 Å². The lowest BCUT2D eigenvalue weighted by molar-refractivity contribution is -0.114. The van der Waals surface area contributed by atoms with Crippen molar-refractivity contribution in [1.82, 2.24) is 0 Å². The zero-order valence-corrected chi connectivity index (χ0v) is 11.3. The molecular weight excluding hydrogens is 258 g/mol. The molecule has 0 bridgehead atoms. The van der Waals surface area contributed by atoms with E-state index >= 15 is 0 Å². The number of thiophene rings is 1. The Morgan fingerprint density at radius 1 is 1.32 bits per heavy atom. The summed E-state index contributed by atoms with van der Waals surface area (Å²) in [5.41, 5.74) is 1.69. The lowest BCUT2D eigenvalue weighted by atomic mass is 10.2. The van der Waals surface area contributed by atoms with Gasteiger partial charge in [0.15, 0.2) is 0 Å². The number of carbonyl (C=O) groups excluding carboxylic acids is 1. The average molecular weight is 271 g/mol. The van der Waals surface area contributed by atoms with Gasteiger partial charge in [-0.2, -0.15) is 5.26 Å². The largest absolute Gasteiger partial charge is 0.380 e. The van der Waals surface area contributed by atoms with Gasteiger partial charge in [-0.15, -0.1) is 11.3 Å². The molecule has 1 aromatic heterocycles. The summed E-state index contributed by atoms with van der Waals surface area (Å²) in [6.45, 7) is 2.14. The third kappa shape index (κ3) is 3.83. The highest BCUT2D eigenvalue weighted by atomic mass is 32.1. The summed E-state index contributed by atoms with van der Waals surface area (Å²) in [4.78, 5) is 12.8. The van der Waals surface area contributed by atoms with Crippen LogP contribution >= 0.6 is 11.3 Å². The van der Waals surface area contributed by atoms with E-state index in [1.54, 1.807) is 0 Å². The Balaban J connectivity index is 1.99. The van der Waals surface area contributed by atoms with Crippen LogP contribution in [0.15, 0.2) is 36.4 Å². The third-order valence-electron chi connectivity index (χ3n) is 2.42. The van der Waals surface area contributed by atoms with E-state index in [4.69, 9.17) is 5.26 Å². The first-order valence-corrected chi connectivity index (χ1v) is 6.59. The van der Waals surface area contributed by atoms with Crippen molar-refractivity contribution in [2.24, 2.45) is 0 Å². The van der Waals surface area contributed by atoms with Crippen molar-refractivity contribution in [3.05, 3.63) is 46.2 Å². The molecule has 0 saturated heterocycles. The first-order chi connectivity index (χ1) is 9.17. The van der Waals surface area contributed by atoms with Gasteiger partial charge in [-0.25, -0.2) is 0 Å². The lowest BCUT2D eigenvalue weighted by Crippen LogP contribution is -2.06. The molecule has 1 amide bonds. The quantitative estimate of drug-likeness (QED) is 0.897. The number of anilines is 2. The molecule has 0 atom stereocenters. The standard InChI is InChI=1S/C14H13N3OS/c1-10(18)17-12-4-2-3-11(7-12)16-9-14-6-5-13(8-15)19-14/h2-7,16H,9H2,1H3,(H,17,18). The van der Waals surface area contributed by atoms with Crippen LogP contribution in [0.1, 0.15) is 16.7 Å². The van der Waals surface area contributed by atoms with Crippen LogP contribution in [0.3, 0.4) is 0 Å². The van der Waals surface area contributed by atoms with E-state index in [0.717, 1.165) is 16.3 Å². The van der Waals surface area contributed by atoms with Crippen LogP contribution in [0.2, 0.25) is 0 Å². The van der Waals surface area contributed by atoms with Gasteiger partial charge in [0, 0.05) is 29.7 Å². The van der Waals surface area contributed by atoms with Crippen molar-refractivity contribution in [2.75, 3.05) is 10.6 Å². The predicted molar refractivity (Wildman–Crippen MR) is 77.1 cm³/mol. The minimum atomic E-state index is -0.0888. The van der Waals surface area contributed by atoms with Gasteiger partial charge in [0.05, 0.1) is 0 Å². The zero-order valence-electron chi connectivity index (χ0n) is 10.4.